The van der Waals surface area contributed by atoms with Gasteiger partial charge in [-0.2, -0.15) is 5.10 Å². The standard InChI is InChI=1S/C22H36ClN3OSi/c1-16(2)14-26-15-18(13-25-26)20-10-9-19(11-21(20)23)24-12-17(3)27-28(7,8)22(4,5)6/h9-11,13,15-17,24H,12,14H2,1-8H3/t17-/m1/s1. The first-order valence-electron chi connectivity index (χ1n) is 10.1. The highest BCUT2D eigenvalue weighted by atomic mass is 35.5. The molecule has 0 amide bonds. The number of hydrogen-bond donors (Lipinski definition) is 1. The summed E-state index contributed by atoms with van der Waals surface area (Å²) in [5, 5.41) is 8.84. The van der Waals surface area contributed by atoms with Gasteiger partial charge in [-0.3, -0.25) is 4.68 Å². The molecule has 0 aliphatic rings. The van der Waals surface area contributed by atoms with Crippen molar-refractivity contribution < 1.29 is 4.43 Å². The fourth-order valence-electron chi connectivity index (χ4n) is 2.82. The Morgan fingerprint density at radius 2 is 1.89 bits per heavy atom. The minimum atomic E-state index is -1.76. The van der Waals surface area contributed by atoms with Crippen molar-refractivity contribution in [3.63, 3.8) is 0 Å². The van der Waals surface area contributed by atoms with Crippen molar-refractivity contribution in [2.45, 2.75) is 72.3 Å². The molecule has 6 heteroatoms. The Hall–Kier alpha value is -1.30. The third kappa shape index (κ3) is 6.10. The fraction of sp³-hybridized carbons (Fsp3) is 0.591. The lowest BCUT2D eigenvalue weighted by molar-refractivity contribution is 0.211. The van der Waals surface area contributed by atoms with Gasteiger partial charge in [0, 0.05) is 36.1 Å². The largest absolute Gasteiger partial charge is 0.412 e. The molecular formula is C22H36ClN3OSi. The summed E-state index contributed by atoms with van der Waals surface area (Å²) in [5.41, 5.74) is 3.06. The molecule has 0 unspecified atom stereocenters. The van der Waals surface area contributed by atoms with Crippen molar-refractivity contribution in [3.05, 3.63) is 35.6 Å². The highest BCUT2D eigenvalue weighted by molar-refractivity contribution is 6.74. The molecule has 0 spiro atoms. The summed E-state index contributed by atoms with van der Waals surface area (Å²) in [6, 6.07) is 6.11. The zero-order valence-corrected chi connectivity index (χ0v) is 20.4. The number of anilines is 1. The Labute approximate surface area is 176 Å². The Kier molecular flexibility index (Phi) is 7.40. The smallest absolute Gasteiger partial charge is 0.192 e. The van der Waals surface area contributed by atoms with Crippen LogP contribution < -0.4 is 5.32 Å². The molecule has 1 N–H and O–H groups in total. The molecule has 1 heterocycles. The predicted octanol–water partition coefficient (Wildman–Crippen LogP) is 6.68. The maximum absolute atomic E-state index is 6.56. The number of rotatable bonds is 8. The van der Waals surface area contributed by atoms with Gasteiger partial charge in [-0.25, -0.2) is 0 Å². The van der Waals surface area contributed by atoms with Crippen LogP contribution in [0.3, 0.4) is 0 Å². The van der Waals surface area contributed by atoms with Crippen molar-refractivity contribution in [2.75, 3.05) is 11.9 Å². The Bertz CT molecular complexity index is 780. The zero-order chi connectivity index (χ0) is 21.1. The Balaban J connectivity index is 2.00. The van der Waals surface area contributed by atoms with Crippen LogP contribution in [0.1, 0.15) is 41.5 Å². The SMILES string of the molecule is CC(C)Cn1cc(-c2ccc(NC[C@@H](C)O[Si](C)(C)C(C)(C)C)cc2Cl)cn1. The highest BCUT2D eigenvalue weighted by Gasteiger charge is 2.38. The van der Waals surface area contributed by atoms with Crippen molar-refractivity contribution in [3.8, 4) is 11.1 Å². The van der Waals surface area contributed by atoms with Crippen LogP contribution in [0.25, 0.3) is 11.1 Å². The molecule has 0 saturated heterocycles. The normalized spacial score (nSPS) is 13.8. The van der Waals surface area contributed by atoms with E-state index in [2.05, 4.69) is 83.4 Å². The van der Waals surface area contributed by atoms with Crippen molar-refractivity contribution in [1.29, 1.82) is 0 Å². The monoisotopic (exact) mass is 421 g/mol. The molecule has 4 nitrogen and oxygen atoms in total. The van der Waals surface area contributed by atoms with Crippen LogP contribution in [0.15, 0.2) is 30.6 Å². The van der Waals surface area contributed by atoms with E-state index < -0.39 is 8.32 Å². The van der Waals surface area contributed by atoms with Gasteiger partial charge in [0.25, 0.3) is 0 Å². The van der Waals surface area contributed by atoms with E-state index in [9.17, 15) is 0 Å². The van der Waals surface area contributed by atoms with Gasteiger partial charge < -0.3 is 9.74 Å². The first kappa shape index (κ1) is 23.0. The maximum Gasteiger partial charge on any atom is 0.192 e. The third-order valence-electron chi connectivity index (χ3n) is 5.36. The molecule has 1 atom stereocenters. The molecule has 0 aliphatic heterocycles. The molecular weight excluding hydrogens is 386 g/mol. The summed E-state index contributed by atoms with van der Waals surface area (Å²) in [4.78, 5) is 0. The molecule has 1 aromatic heterocycles. The summed E-state index contributed by atoms with van der Waals surface area (Å²) < 4.78 is 8.39. The van der Waals surface area contributed by atoms with Gasteiger partial charge in [0.05, 0.1) is 17.3 Å². The van der Waals surface area contributed by atoms with Crippen LogP contribution in [0.4, 0.5) is 5.69 Å². The quantitative estimate of drug-likeness (QED) is 0.483. The molecule has 156 valence electrons. The third-order valence-corrected chi connectivity index (χ3v) is 10.3. The van der Waals surface area contributed by atoms with Gasteiger partial charge in [-0.05, 0) is 43.1 Å². The average molecular weight is 422 g/mol. The van der Waals surface area contributed by atoms with Gasteiger partial charge in [-0.1, -0.05) is 52.3 Å². The summed E-state index contributed by atoms with van der Waals surface area (Å²) in [6.45, 7) is 19.5. The fourth-order valence-corrected chi connectivity index (χ4v) is 4.55. The lowest BCUT2D eigenvalue weighted by Gasteiger charge is -2.38. The van der Waals surface area contributed by atoms with Crippen LogP contribution >= 0.6 is 11.6 Å². The van der Waals surface area contributed by atoms with E-state index in [1.165, 1.54) is 0 Å². The second-order valence-electron chi connectivity index (χ2n) is 9.61. The molecule has 1 aromatic carbocycles. The van der Waals surface area contributed by atoms with Gasteiger partial charge in [0.15, 0.2) is 8.32 Å². The first-order valence-corrected chi connectivity index (χ1v) is 13.4. The van der Waals surface area contributed by atoms with Crippen LogP contribution in [0.2, 0.25) is 23.2 Å². The van der Waals surface area contributed by atoms with Crippen LogP contribution in [0, 0.1) is 5.92 Å². The molecule has 0 saturated carbocycles. The second-order valence-corrected chi connectivity index (χ2v) is 14.8. The molecule has 2 rings (SSSR count). The van der Waals surface area contributed by atoms with Crippen LogP contribution in [0.5, 0.6) is 0 Å². The molecule has 0 fully saturated rings. The molecule has 0 bridgehead atoms. The average Bonchev–Trinajstić information content (AvgIpc) is 2.99. The summed E-state index contributed by atoms with van der Waals surface area (Å²) in [7, 11) is -1.76. The Morgan fingerprint density at radius 1 is 1.21 bits per heavy atom. The van der Waals surface area contributed by atoms with Gasteiger partial charge in [0.1, 0.15) is 0 Å². The molecule has 0 radical (unpaired) electrons. The minimum Gasteiger partial charge on any atom is -0.412 e. The van der Waals surface area contributed by atoms with Crippen LogP contribution in [-0.2, 0) is 11.0 Å². The van der Waals surface area contributed by atoms with Crippen LogP contribution in [-0.4, -0.2) is 30.7 Å². The highest BCUT2D eigenvalue weighted by Crippen LogP contribution is 2.37. The van der Waals surface area contributed by atoms with Crippen molar-refractivity contribution >= 4 is 25.6 Å². The molecule has 2 aromatic rings. The zero-order valence-electron chi connectivity index (χ0n) is 18.6. The minimum absolute atomic E-state index is 0.147. The van der Waals surface area contributed by atoms with E-state index in [-0.39, 0.29) is 11.1 Å². The number of benzene rings is 1. The maximum atomic E-state index is 6.56. The number of halogens is 1. The van der Waals surface area contributed by atoms with E-state index >= 15 is 0 Å². The van der Waals surface area contributed by atoms with Gasteiger partial charge >= 0.3 is 0 Å². The number of hydrogen-bond acceptors (Lipinski definition) is 3. The second kappa shape index (κ2) is 9.01. The van der Waals surface area contributed by atoms with E-state index in [0.29, 0.717) is 5.92 Å². The van der Waals surface area contributed by atoms with E-state index in [0.717, 1.165) is 34.9 Å². The van der Waals surface area contributed by atoms with Gasteiger partial charge in [-0.15, -0.1) is 0 Å². The summed E-state index contributed by atoms with van der Waals surface area (Å²) in [5.74, 6) is 0.560. The number of aromatic nitrogens is 2. The topological polar surface area (TPSA) is 39.1 Å². The summed E-state index contributed by atoms with van der Waals surface area (Å²) >= 11 is 6.56. The lowest BCUT2D eigenvalue weighted by atomic mass is 10.1. The van der Waals surface area contributed by atoms with E-state index in [1.807, 2.05) is 16.9 Å². The van der Waals surface area contributed by atoms with Gasteiger partial charge in [0.2, 0.25) is 0 Å². The summed E-state index contributed by atoms with van der Waals surface area (Å²) in [6.07, 6.45) is 4.09. The first-order chi connectivity index (χ1) is 12.9. The van der Waals surface area contributed by atoms with E-state index in [4.69, 9.17) is 16.0 Å². The molecule has 28 heavy (non-hydrogen) atoms. The molecule has 0 aliphatic carbocycles. The number of nitrogens with zero attached hydrogens (tertiary/aromatic N) is 2. The van der Waals surface area contributed by atoms with Crippen molar-refractivity contribution in [1.82, 2.24) is 9.78 Å². The Morgan fingerprint density at radius 3 is 2.46 bits per heavy atom. The van der Waals surface area contributed by atoms with E-state index in [1.54, 1.807) is 0 Å². The lowest BCUT2D eigenvalue weighted by Crippen LogP contribution is -2.44. The van der Waals surface area contributed by atoms with Crippen molar-refractivity contribution in [2.24, 2.45) is 5.92 Å². The number of nitrogens with one attached hydrogen (secondary N) is 1. The predicted molar refractivity (Wildman–Crippen MR) is 124 cm³/mol.